The van der Waals surface area contributed by atoms with E-state index in [0.717, 1.165) is 24.8 Å². The normalized spacial score (nSPS) is 22.0. The Bertz CT molecular complexity index is 536. The first-order chi connectivity index (χ1) is 10.3. The Balaban J connectivity index is 2.14. The van der Waals surface area contributed by atoms with E-state index in [1.807, 2.05) is 36.4 Å². The molecule has 0 spiro atoms. The summed E-state index contributed by atoms with van der Waals surface area (Å²) in [4.78, 5) is 12.0. The molecule has 1 aromatic carbocycles. The number of benzene rings is 1. The molecule has 2 heteroatoms. The van der Waals surface area contributed by atoms with Crippen LogP contribution >= 0.6 is 0 Å². The maximum atomic E-state index is 12.0. The molecule has 1 aromatic rings. The Kier molecular flexibility index (Phi) is 5.63. The summed E-state index contributed by atoms with van der Waals surface area (Å²) in [7, 11) is 1.46. The van der Waals surface area contributed by atoms with Crippen molar-refractivity contribution in [2.24, 2.45) is 17.8 Å². The maximum Gasteiger partial charge on any atom is 0.309 e. The SMILES string of the molecule is C=CCC(C(=O)OC)[C@@H]1CCC[C@H]1C#Cc1ccccc1. The number of carbonyl (C=O) groups excluding carboxylic acids is 1. The molecule has 1 fully saturated rings. The third-order valence-electron chi connectivity index (χ3n) is 4.19. The van der Waals surface area contributed by atoms with Crippen LogP contribution < -0.4 is 0 Å². The second-order valence-electron chi connectivity index (χ2n) is 5.49. The molecule has 0 bridgehead atoms. The van der Waals surface area contributed by atoms with Gasteiger partial charge in [0.2, 0.25) is 0 Å². The van der Waals surface area contributed by atoms with Gasteiger partial charge in [0.1, 0.15) is 0 Å². The minimum absolute atomic E-state index is 0.106. The molecule has 2 nitrogen and oxygen atoms in total. The highest BCUT2D eigenvalue weighted by Crippen LogP contribution is 2.38. The molecule has 0 aliphatic heterocycles. The van der Waals surface area contributed by atoms with E-state index in [1.165, 1.54) is 7.11 Å². The van der Waals surface area contributed by atoms with Gasteiger partial charge in [0, 0.05) is 11.5 Å². The van der Waals surface area contributed by atoms with Crippen molar-refractivity contribution < 1.29 is 9.53 Å². The highest BCUT2D eigenvalue weighted by molar-refractivity contribution is 5.73. The summed E-state index contributed by atoms with van der Waals surface area (Å²) in [5, 5.41) is 0. The van der Waals surface area contributed by atoms with E-state index in [0.29, 0.717) is 6.42 Å². The second-order valence-corrected chi connectivity index (χ2v) is 5.49. The number of rotatable bonds is 4. The molecule has 1 aliphatic carbocycles. The lowest BCUT2D eigenvalue weighted by Crippen LogP contribution is -2.26. The van der Waals surface area contributed by atoms with Gasteiger partial charge in [-0.15, -0.1) is 6.58 Å². The molecule has 0 saturated heterocycles. The summed E-state index contributed by atoms with van der Waals surface area (Å²) < 4.78 is 4.95. The third-order valence-corrected chi connectivity index (χ3v) is 4.19. The first kappa shape index (κ1) is 15.4. The van der Waals surface area contributed by atoms with E-state index >= 15 is 0 Å². The van der Waals surface area contributed by atoms with E-state index in [9.17, 15) is 4.79 Å². The number of hydrogen-bond acceptors (Lipinski definition) is 2. The van der Waals surface area contributed by atoms with Crippen LogP contribution in [0.3, 0.4) is 0 Å². The molecule has 1 unspecified atom stereocenters. The van der Waals surface area contributed by atoms with E-state index < -0.39 is 0 Å². The van der Waals surface area contributed by atoms with Crippen molar-refractivity contribution in [1.29, 1.82) is 0 Å². The van der Waals surface area contributed by atoms with Gasteiger partial charge in [0.05, 0.1) is 13.0 Å². The number of hydrogen-bond donors (Lipinski definition) is 0. The predicted octanol–water partition coefficient (Wildman–Crippen LogP) is 3.82. The molecule has 21 heavy (non-hydrogen) atoms. The molecular weight excluding hydrogens is 260 g/mol. The fourth-order valence-corrected chi connectivity index (χ4v) is 3.12. The van der Waals surface area contributed by atoms with E-state index in [4.69, 9.17) is 4.74 Å². The van der Waals surface area contributed by atoms with Gasteiger partial charge < -0.3 is 4.74 Å². The van der Waals surface area contributed by atoms with Crippen LogP contribution in [-0.4, -0.2) is 13.1 Å². The van der Waals surface area contributed by atoms with Crippen LogP contribution in [-0.2, 0) is 9.53 Å². The zero-order chi connectivity index (χ0) is 15.1. The largest absolute Gasteiger partial charge is 0.469 e. The smallest absolute Gasteiger partial charge is 0.309 e. The van der Waals surface area contributed by atoms with Crippen LogP contribution in [0.15, 0.2) is 43.0 Å². The summed E-state index contributed by atoms with van der Waals surface area (Å²) in [6.45, 7) is 3.76. The Morgan fingerprint density at radius 1 is 1.43 bits per heavy atom. The molecule has 2 rings (SSSR count). The lowest BCUT2D eigenvalue weighted by Gasteiger charge is -2.23. The highest BCUT2D eigenvalue weighted by atomic mass is 16.5. The van der Waals surface area contributed by atoms with Crippen molar-refractivity contribution in [2.75, 3.05) is 7.11 Å². The van der Waals surface area contributed by atoms with Gasteiger partial charge in [0.15, 0.2) is 0 Å². The zero-order valence-electron chi connectivity index (χ0n) is 12.5. The molecule has 0 radical (unpaired) electrons. The molecule has 0 N–H and O–H groups in total. The van der Waals surface area contributed by atoms with Crippen LogP contribution in [0.4, 0.5) is 0 Å². The van der Waals surface area contributed by atoms with Crippen LogP contribution in [0, 0.1) is 29.6 Å². The topological polar surface area (TPSA) is 26.3 Å². The average molecular weight is 282 g/mol. The van der Waals surface area contributed by atoms with Crippen molar-refractivity contribution in [3.8, 4) is 11.8 Å². The van der Waals surface area contributed by atoms with E-state index in [-0.39, 0.29) is 23.7 Å². The third kappa shape index (κ3) is 3.98. The summed E-state index contributed by atoms with van der Waals surface area (Å²) in [5.41, 5.74) is 1.03. The standard InChI is InChI=1S/C19H22O2/c1-3-8-18(19(20)21-2)17-12-7-11-16(17)14-13-15-9-5-4-6-10-15/h3-6,9-10,16-18H,1,7-8,11-12H2,2H3/t16-,17+,18?/m0/s1. The Morgan fingerprint density at radius 2 is 2.19 bits per heavy atom. The lowest BCUT2D eigenvalue weighted by atomic mass is 9.82. The van der Waals surface area contributed by atoms with Crippen LogP contribution in [0.25, 0.3) is 0 Å². The van der Waals surface area contributed by atoms with Crippen LogP contribution in [0.1, 0.15) is 31.2 Å². The molecule has 0 heterocycles. The Morgan fingerprint density at radius 3 is 2.86 bits per heavy atom. The number of allylic oxidation sites excluding steroid dienone is 1. The molecule has 110 valence electrons. The van der Waals surface area contributed by atoms with Crippen molar-refractivity contribution in [2.45, 2.75) is 25.7 Å². The van der Waals surface area contributed by atoms with E-state index in [2.05, 4.69) is 18.4 Å². The highest BCUT2D eigenvalue weighted by Gasteiger charge is 2.36. The molecule has 1 saturated carbocycles. The monoisotopic (exact) mass is 282 g/mol. The molecule has 1 aliphatic rings. The van der Waals surface area contributed by atoms with Gasteiger partial charge in [-0.1, -0.05) is 42.5 Å². The van der Waals surface area contributed by atoms with Gasteiger partial charge in [-0.3, -0.25) is 4.79 Å². The minimum atomic E-state index is -0.131. The second kappa shape index (κ2) is 7.69. The number of ether oxygens (including phenoxy) is 1. The van der Waals surface area contributed by atoms with Gasteiger partial charge in [-0.25, -0.2) is 0 Å². The van der Waals surface area contributed by atoms with Crippen molar-refractivity contribution in [3.05, 3.63) is 48.6 Å². The number of carbonyl (C=O) groups is 1. The van der Waals surface area contributed by atoms with Crippen molar-refractivity contribution in [3.63, 3.8) is 0 Å². The fourth-order valence-electron chi connectivity index (χ4n) is 3.12. The van der Waals surface area contributed by atoms with Crippen molar-refractivity contribution >= 4 is 5.97 Å². The van der Waals surface area contributed by atoms with Crippen LogP contribution in [0.5, 0.6) is 0 Å². The Labute approximate surface area is 127 Å². The van der Waals surface area contributed by atoms with Crippen molar-refractivity contribution in [1.82, 2.24) is 0 Å². The predicted molar refractivity (Wildman–Crippen MR) is 84.5 cm³/mol. The first-order valence-corrected chi connectivity index (χ1v) is 7.51. The summed E-state index contributed by atoms with van der Waals surface area (Å²) in [6.07, 6.45) is 5.71. The maximum absolute atomic E-state index is 12.0. The molecule has 0 aromatic heterocycles. The summed E-state index contributed by atoms with van der Waals surface area (Å²) in [6, 6.07) is 9.99. The molecular formula is C19H22O2. The zero-order valence-corrected chi connectivity index (χ0v) is 12.5. The summed E-state index contributed by atoms with van der Waals surface area (Å²) >= 11 is 0. The quantitative estimate of drug-likeness (QED) is 0.477. The minimum Gasteiger partial charge on any atom is -0.469 e. The van der Waals surface area contributed by atoms with E-state index in [1.54, 1.807) is 0 Å². The lowest BCUT2D eigenvalue weighted by molar-refractivity contribution is -0.147. The first-order valence-electron chi connectivity index (χ1n) is 7.51. The van der Waals surface area contributed by atoms with Gasteiger partial charge in [-0.05, 0) is 37.3 Å². The Hall–Kier alpha value is -2.01. The molecule has 0 amide bonds. The van der Waals surface area contributed by atoms with Gasteiger partial charge in [0.25, 0.3) is 0 Å². The number of methoxy groups -OCH3 is 1. The number of esters is 1. The van der Waals surface area contributed by atoms with Gasteiger partial charge in [-0.2, -0.15) is 0 Å². The van der Waals surface area contributed by atoms with Gasteiger partial charge >= 0.3 is 5.97 Å². The average Bonchev–Trinajstić information content (AvgIpc) is 2.99. The summed E-state index contributed by atoms with van der Waals surface area (Å²) in [5.74, 6) is 6.94. The molecule has 3 atom stereocenters. The fraction of sp³-hybridized carbons (Fsp3) is 0.421. The van der Waals surface area contributed by atoms with Crippen LogP contribution in [0.2, 0.25) is 0 Å².